The van der Waals surface area contributed by atoms with Crippen molar-refractivity contribution in [2.75, 3.05) is 0 Å². The molecule has 2 aromatic carbocycles. The summed E-state index contributed by atoms with van der Waals surface area (Å²) in [7, 11) is 0. The summed E-state index contributed by atoms with van der Waals surface area (Å²) in [5.41, 5.74) is 2.97. The molecule has 0 spiro atoms. The van der Waals surface area contributed by atoms with Crippen molar-refractivity contribution in [3.63, 3.8) is 0 Å². The van der Waals surface area contributed by atoms with Gasteiger partial charge in [-0.05, 0) is 29.9 Å². The highest BCUT2D eigenvalue weighted by molar-refractivity contribution is 5.24. The van der Waals surface area contributed by atoms with E-state index in [0.29, 0.717) is 5.92 Å². The Kier molecular flexibility index (Phi) is 10.1. The Morgan fingerprint density at radius 2 is 1.12 bits per heavy atom. The maximum absolute atomic E-state index is 2.31. The van der Waals surface area contributed by atoms with Crippen molar-refractivity contribution in [3.8, 4) is 0 Å². The van der Waals surface area contributed by atoms with E-state index in [-0.39, 0.29) is 0 Å². The summed E-state index contributed by atoms with van der Waals surface area (Å²) in [5, 5.41) is 0. The van der Waals surface area contributed by atoms with E-state index in [1.807, 2.05) is 0 Å². The fourth-order valence-electron chi connectivity index (χ4n) is 3.71. The van der Waals surface area contributed by atoms with Crippen LogP contribution in [-0.4, -0.2) is 0 Å². The third-order valence-corrected chi connectivity index (χ3v) is 5.25. The molecule has 0 aliphatic heterocycles. The second-order valence-electron chi connectivity index (χ2n) is 7.41. The van der Waals surface area contributed by atoms with Crippen molar-refractivity contribution in [3.05, 3.63) is 71.8 Å². The average Bonchev–Trinajstić information content (AvgIpc) is 2.67. The molecule has 1 unspecified atom stereocenters. The van der Waals surface area contributed by atoms with E-state index in [1.54, 1.807) is 0 Å². The Bertz CT molecular complexity index is 528. The predicted octanol–water partition coefficient (Wildman–Crippen LogP) is 7.93. The van der Waals surface area contributed by atoms with E-state index in [0.717, 1.165) is 0 Å². The highest BCUT2D eigenvalue weighted by atomic mass is 14.2. The van der Waals surface area contributed by atoms with Crippen LogP contribution in [0.1, 0.15) is 88.2 Å². The van der Waals surface area contributed by atoms with Gasteiger partial charge in [-0.2, -0.15) is 0 Å². The van der Waals surface area contributed by atoms with E-state index in [1.165, 1.54) is 81.8 Å². The van der Waals surface area contributed by atoms with Crippen molar-refractivity contribution in [2.24, 2.45) is 0 Å². The zero-order valence-corrected chi connectivity index (χ0v) is 16.1. The Balaban J connectivity index is 1.72. The number of rotatable bonds is 13. The Labute approximate surface area is 155 Å². The summed E-state index contributed by atoms with van der Waals surface area (Å²) in [4.78, 5) is 0. The SMILES string of the molecule is CCCCCCCCCCCC(Cc1ccccc1)c1ccccc1. The van der Waals surface area contributed by atoms with Crippen LogP contribution in [0.4, 0.5) is 0 Å². The van der Waals surface area contributed by atoms with Gasteiger partial charge in [0.05, 0.1) is 0 Å². The van der Waals surface area contributed by atoms with Gasteiger partial charge in [0.2, 0.25) is 0 Å². The van der Waals surface area contributed by atoms with Crippen LogP contribution in [0.5, 0.6) is 0 Å². The molecule has 1 atom stereocenters. The van der Waals surface area contributed by atoms with Crippen LogP contribution >= 0.6 is 0 Å². The number of hydrogen-bond acceptors (Lipinski definition) is 0. The van der Waals surface area contributed by atoms with Crippen molar-refractivity contribution in [1.82, 2.24) is 0 Å². The molecule has 0 heteroatoms. The largest absolute Gasteiger partial charge is 0.0654 e. The first kappa shape index (κ1) is 19.8. The summed E-state index contributed by atoms with van der Waals surface area (Å²) < 4.78 is 0. The molecule has 0 nitrogen and oxygen atoms in total. The molecule has 0 bridgehead atoms. The van der Waals surface area contributed by atoms with Gasteiger partial charge in [-0.1, -0.05) is 125 Å². The monoisotopic (exact) mass is 336 g/mol. The van der Waals surface area contributed by atoms with E-state index in [9.17, 15) is 0 Å². The van der Waals surface area contributed by atoms with Crippen LogP contribution in [0.2, 0.25) is 0 Å². The van der Waals surface area contributed by atoms with Gasteiger partial charge in [0.1, 0.15) is 0 Å². The molecule has 136 valence electrons. The molecule has 0 aromatic heterocycles. The molecule has 0 N–H and O–H groups in total. The topological polar surface area (TPSA) is 0 Å². The van der Waals surface area contributed by atoms with Crippen LogP contribution in [0.3, 0.4) is 0 Å². The maximum atomic E-state index is 2.31. The minimum Gasteiger partial charge on any atom is -0.0654 e. The van der Waals surface area contributed by atoms with Crippen molar-refractivity contribution in [1.29, 1.82) is 0 Å². The Morgan fingerprint density at radius 3 is 1.72 bits per heavy atom. The first-order valence-corrected chi connectivity index (χ1v) is 10.5. The molecule has 2 rings (SSSR count). The van der Waals surface area contributed by atoms with Crippen LogP contribution in [0, 0.1) is 0 Å². The fraction of sp³-hybridized carbons (Fsp3) is 0.520. The fourth-order valence-corrected chi connectivity index (χ4v) is 3.71. The van der Waals surface area contributed by atoms with Gasteiger partial charge in [-0.3, -0.25) is 0 Å². The minimum absolute atomic E-state index is 0.660. The summed E-state index contributed by atoms with van der Waals surface area (Å²) in [6.07, 6.45) is 15.2. The molecule has 0 amide bonds. The number of unbranched alkanes of at least 4 members (excludes halogenated alkanes) is 8. The summed E-state index contributed by atoms with van der Waals surface area (Å²) >= 11 is 0. The molecule has 0 fully saturated rings. The predicted molar refractivity (Wildman–Crippen MR) is 111 cm³/mol. The van der Waals surface area contributed by atoms with Gasteiger partial charge in [-0.15, -0.1) is 0 Å². The highest BCUT2D eigenvalue weighted by Crippen LogP contribution is 2.27. The highest BCUT2D eigenvalue weighted by Gasteiger charge is 2.11. The molecule has 0 aliphatic rings. The first-order chi connectivity index (χ1) is 12.4. The van der Waals surface area contributed by atoms with Gasteiger partial charge in [-0.25, -0.2) is 0 Å². The molecule has 2 aromatic rings. The van der Waals surface area contributed by atoms with Gasteiger partial charge in [0, 0.05) is 0 Å². The molecule has 0 aliphatic carbocycles. The lowest BCUT2D eigenvalue weighted by Crippen LogP contribution is -2.03. The van der Waals surface area contributed by atoms with Gasteiger partial charge in [0.25, 0.3) is 0 Å². The lowest BCUT2D eigenvalue weighted by atomic mass is 9.87. The van der Waals surface area contributed by atoms with E-state index in [2.05, 4.69) is 67.6 Å². The zero-order valence-electron chi connectivity index (χ0n) is 16.1. The zero-order chi connectivity index (χ0) is 17.6. The molecule has 0 radical (unpaired) electrons. The molecule has 0 heterocycles. The summed E-state index contributed by atoms with van der Waals surface area (Å²) in [5.74, 6) is 0.660. The standard InChI is InChI=1S/C25H36/c1-2-3-4-5-6-7-8-9-14-21-25(24-19-15-11-16-20-24)22-23-17-12-10-13-18-23/h10-13,15-20,25H,2-9,14,21-22H2,1H3. The normalized spacial score (nSPS) is 12.2. The van der Waals surface area contributed by atoms with Crippen molar-refractivity contribution >= 4 is 0 Å². The molecule has 0 saturated carbocycles. The maximum Gasteiger partial charge on any atom is -0.0121 e. The third-order valence-electron chi connectivity index (χ3n) is 5.25. The van der Waals surface area contributed by atoms with E-state index in [4.69, 9.17) is 0 Å². The van der Waals surface area contributed by atoms with E-state index >= 15 is 0 Å². The third kappa shape index (κ3) is 8.38. The number of benzene rings is 2. The first-order valence-electron chi connectivity index (χ1n) is 10.5. The lowest BCUT2D eigenvalue weighted by Gasteiger charge is -2.18. The minimum atomic E-state index is 0.660. The smallest absolute Gasteiger partial charge is 0.0121 e. The van der Waals surface area contributed by atoms with E-state index < -0.39 is 0 Å². The molecule has 25 heavy (non-hydrogen) atoms. The average molecular weight is 337 g/mol. The summed E-state index contributed by atoms with van der Waals surface area (Å²) in [6, 6.07) is 22.1. The second kappa shape index (κ2) is 12.8. The van der Waals surface area contributed by atoms with Crippen LogP contribution < -0.4 is 0 Å². The van der Waals surface area contributed by atoms with Gasteiger partial charge < -0.3 is 0 Å². The quantitative estimate of drug-likeness (QED) is 0.326. The van der Waals surface area contributed by atoms with Crippen LogP contribution in [0.25, 0.3) is 0 Å². The molecule has 0 saturated heterocycles. The van der Waals surface area contributed by atoms with Crippen LogP contribution in [0.15, 0.2) is 60.7 Å². The summed E-state index contributed by atoms with van der Waals surface area (Å²) in [6.45, 7) is 2.29. The Hall–Kier alpha value is -1.56. The van der Waals surface area contributed by atoms with Crippen molar-refractivity contribution < 1.29 is 0 Å². The Morgan fingerprint density at radius 1 is 0.600 bits per heavy atom. The second-order valence-corrected chi connectivity index (χ2v) is 7.41. The molecular formula is C25H36. The molecular weight excluding hydrogens is 300 g/mol. The van der Waals surface area contributed by atoms with Gasteiger partial charge >= 0.3 is 0 Å². The van der Waals surface area contributed by atoms with Crippen LogP contribution in [-0.2, 0) is 6.42 Å². The van der Waals surface area contributed by atoms with Crippen molar-refractivity contribution in [2.45, 2.75) is 83.5 Å². The lowest BCUT2D eigenvalue weighted by molar-refractivity contribution is 0.524. The van der Waals surface area contributed by atoms with Gasteiger partial charge in [0.15, 0.2) is 0 Å². The number of hydrogen-bond donors (Lipinski definition) is 0.